The molecule has 0 spiro atoms. The number of ketones is 2. The van der Waals surface area contributed by atoms with Crippen LogP contribution in [0.25, 0.3) is 12.2 Å². The number of benzene rings is 2. The lowest BCUT2D eigenvalue weighted by Crippen LogP contribution is -2.36. The van der Waals surface area contributed by atoms with Crippen molar-refractivity contribution in [1.82, 2.24) is 0 Å². The number of aliphatic hydroxyl groups is 1. The van der Waals surface area contributed by atoms with Gasteiger partial charge in [-0.1, -0.05) is 36.4 Å². The molecule has 0 heterocycles. The maximum absolute atomic E-state index is 12.2. The van der Waals surface area contributed by atoms with Crippen molar-refractivity contribution in [3.8, 4) is 11.5 Å². The molecule has 0 radical (unpaired) electrons. The molecule has 9 heteroatoms. The van der Waals surface area contributed by atoms with Gasteiger partial charge in [-0.2, -0.15) is 0 Å². The van der Waals surface area contributed by atoms with E-state index in [1.807, 2.05) is 0 Å². The lowest BCUT2D eigenvalue weighted by Gasteiger charge is -2.09. The molecule has 0 aliphatic heterocycles. The molecule has 2 aromatic rings. The molecule has 2 saturated carbocycles. The average molecular weight is 491 g/mol. The van der Waals surface area contributed by atoms with Gasteiger partial charge in [-0.15, -0.1) is 0 Å². The van der Waals surface area contributed by atoms with Gasteiger partial charge in [0.15, 0.2) is 17.7 Å². The molecular formula is C27H26N2O7. The van der Waals surface area contributed by atoms with Crippen LogP contribution in [0.15, 0.2) is 60.7 Å². The highest BCUT2D eigenvalue weighted by atomic mass is 16.5. The largest absolute Gasteiger partial charge is 0.425 e. The Kier molecular flexibility index (Phi) is 6.98. The maximum Gasteiger partial charge on any atom is 0.331 e. The summed E-state index contributed by atoms with van der Waals surface area (Å²) in [7, 11) is 0. The number of ether oxygens (including phenoxy) is 2. The van der Waals surface area contributed by atoms with Gasteiger partial charge in [-0.3, -0.25) is 9.59 Å². The molecule has 0 saturated heterocycles. The second-order valence-corrected chi connectivity index (χ2v) is 9.10. The van der Waals surface area contributed by atoms with Gasteiger partial charge >= 0.3 is 11.9 Å². The molecule has 36 heavy (non-hydrogen) atoms. The Morgan fingerprint density at radius 1 is 0.694 bits per heavy atom. The van der Waals surface area contributed by atoms with Gasteiger partial charge in [-0.25, -0.2) is 9.59 Å². The lowest BCUT2D eigenvalue weighted by atomic mass is 10.1. The third-order valence-corrected chi connectivity index (χ3v) is 5.99. The smallest absolute Gasteiger partial charge is 0.331 e. The van der Waals surface area contributed by atoms with Gasteiger partial charge in [0.05, 0.1) is 0 Å². The highest BCUT2D eigenvalue weighted by molar-refractivity contribution is 6.15. The molecule has 2 aliphatic rings. The Morgan fingerprint density at radius 2 is 1.03 bits per heavy atom. The van der Waals surface area contributed by atoms with Gasteiger partial charge in [0.1, 0.15) is 22.6 Å². The summed E-state index contributed by atoms with van der Waals surface area (Å²) >= 11 is 0. The van der Waals surface area contributed by atoms with Crippen LogP contribution in [0, 0.1) is 0 Å². The van der Waals surface area contributed by atoms with Gasteiger partial charge in [0.25, 0.3) is 0 Å². The molecule has 0 unspecified atom stereocenters. The van der Waals surface area contributed by atoms with Crippen molar-refractivity contribution in [2.45, 2.75) is 42.9 Å². The Balaban J connectivity index is 1.26. The summed E-state index contributed by atoms with van der Waals surface area (Å²) in [5.41, 5.74) is 11.0. The van der Waals surface area contributed by atoms with E-state index in [4.69, 9.17) is 20.9 Å². The summed E-state index contributed by atoms with van der Waals surface area (Å²) in [6.45, 7) is 0. The Morgan fingerprint density at radius 3 is 1.33 bits per heavy atom. The number of hydrogen-bond donors (Lipinski definition) is 3. The first-order valence-electron chi connectivity index (χ1n) is 11.4. The fourth-order valence-electron chi connectivity index (χ4n) is 3.07. The molecule has 186 valence electrons. The zero-order valence-corrected chi connectivity index (χ0v) is 19.4. The predicted molar refractivity (Wildman–Crippen MR) is 131 cm³/mol. The Labute approximate surface area is 207 Å². The second kappa shape index (κ2) is 9.98. The summed E-state index contributed by atoms with van der Waals surface area (Å²) < 4.78 is 10.4. The predicted octanol–water partition coefficient (Wildman–Crippen LogP) is 1.71. The normalized spacial score (nSPS) is 17.2. The standard InChI is InChI=1S/C27H26N2O7/c28-26(13-14-26)24(33)35-19-7-1-17(2-8-19)5-11-21(30)23(32)22(31)12-6-18-3-9-20(10-4-18)36-25(34)27(29)15-16-27/h1-12,23,32H,13-16,28-29H2/b11-5+,12-6+. The number of hydrogen-bond acceptors (Lipinski definition) is 9. The van der Waals surface area contributed by atoms with E-state index in [2.05, 4.69) is 0 Å². The number of carbonyl (C=O) groups is 4. The van der Waals surface area contributed by atoms with Gasteiger partial charge in [-0.05, 0) is 73.2 Å². The molecule has 4 rings (SSSR count). The minimum atomic E-state index is -1.85. The molecule has 0 bridgehead atoms. The molecular weight excluding hydrogens is 464 g/mol. The fraction of sp³-hybridized carbons (Fsp3) is 0.259. The molecule has 2 aliphatic carbocycles. The van der Waals surface area contributed by atoms with Gasteiger partial charge < -0.3 is 26.0 Å². The first-order chi connectivity index (χ1) is 17.1. The third-order valence-electron chi connectivity index (χ3n) is 5.99. The Bertz CT molecular complexity index is 1140. The van der Waals surface area contributed by atoms with E-state index in [-0.39, 0.29) is 0 Å². The van der Waals surface area contributed by atoms with Crippen LogP contribution in [-0.4, -0.2) is 45.8 Å². The monoisotopic (exact) mass is 490 g/mol. The quantitative estimate of drug-likeness (QED) is 0.195. The number of rotatable bonds is 10. The zero-order chi connectivity index (χ0) is 25.9. The van der Waals surface area contributed by atoms with Crippen LogP contribution in [0.1, 0.15) is 36.8 Å². The lowest BCUT2D eigenvalue weighted by molar-refractivity contribution is -0.137. The third kappa shape index (κ3) is 6.19. The number of aliphatic hydroxyl groups excluding tert-OH is 1. The van der Waals surface area contributed by atoms with E-state index in [0.717, 1.165) is 12.2 Å². The average Bonchev–Trinajstić information content (AvgIpc) is 3.81. The van der Waals surface area contributed by atoms with Crippen molar-refractivity contribution in [3.63, 3.8) is 0 Å². The van der Waals surface area contributed by atoms with Crippen molar-refractivity contribution in [1.29, 1.82) is 0 Å². The highest BCUT2D eigenvalue weighted by Gasteiger charge is 2.48. The molecule has 9 nitrogen and oxygen atoms in total. The van der Waals surface area contributed by atoms with Crippen LogP contribution < -0.4 is 20.9 Å². The summed E-state index contributed by atoms with van der Waals surface area (Å²) in [6, 6.07) is 12.7. The van der Waals surface area contributed by atoms with Crippen molar-refractivity contribution in [2.75, 3.05) is 0 Å². The number of carbonyl (C=O) groups excluding carboxylic acids is 4. The van der Waals surface area contributed by atoms with Crippen molar-refractivity contribution in [3.05, 3.63) is 71.8 Å². The first-order valence-corrected chi connectivity index (χ1v) is 11.4. The summed E-state index contributed by atoms with van der Waals surface area (Å²) in [4.78, 5) is 48.1. The highest BCUT2D eigenvalue weighted by Crippen LogP contribution is 2.34. The van der Waals surface area contributed by atoms with Crippen LogP contribution >= 0.6 is 0 Å². The van der Waals surface area contributed by atoms with Crippen LogP contribution in [0.4, 0.5) is 0 Å². The van der Waals surface area contributed by atoms with E-state index in [9.17, 15) is 24.3 Å². The summed E-state index contributed by atoms with van der Waals surface area (Å²) in [5.74, 6) is -1.86. The molecule has 2 fully saturated rings. The van der Waals surface area contributed by atoms with Gasteiger partial charge in [0.2, 0.25) is 0 Å². The SMILES string of the molecule is NC1(C(=O)Oc2ccc(/C=C/C(=O)C(O)C(=O)/C=C/c3ccc(OC(=O)C4(N)CC4)cc3)cc2)CC1. The minimum Gasteiger partial charge on any atom is -0.425 e. The van der Waals surface area contributed by atoms with Gasteiger partial charge in [0, 0.05) is 0 Å². The summed E-state index contributed by atoms with van der Waals surface area (Å²) in [6.07, 6.45) is 5.63. The molecule has 2 aromatic carbocycles. The van der Waals surface area contributed by atoms with E-state index in [0.29, 0.717) is 48.3 Å². The van der Waals surface area contributed by atoms with E-state index in [1.54, 1.807) is 48.5 Å². The Hall–Kier alpha value is -3.92. The van der Waals surface area contributed by atoms with Crippen LogP contribution in [0.2, 0.25) is 0 Å². The molecule has 0 aromatic heterocycles. The molecule has 0 amide bonds. The van der Waals surface area contributed by atoms with E-state index < -0.39 is 40.7 Å². The second-order valence-electron chi connectivity index (χ2n) is 9.10. The maximum atomic E-state index is 12.2. The minimum absolute atomic E-state index is 0.331. The van der Waals surface area contributed by atoms with Crippen molar-refractivity contribution in [2.24, 2.45) is 11.5 Å². The summed E-state index contributed by atoms with van der Waals surface area (Å²) in [5, 5.41) is 10.1. The van der Waals surface area contributed by atoms with Crippen molar-refractivity contribution < 1.29 is 33.8 Å². The zero-order valence-electron chi connectivity index (χ0n) is 19.4. The van der Waals surface area contributed by atoms with E-state index >= 15 is 0 Å². The molecule has 0 atom stereocenters. The van der Waals surface area contributed by atoms with Crippen LogP contribution in [-0.2, 0) is 19.2 Å². The number of esters is 2. The van der Waals surface area contributed by atoms with Crippen LogP contribution in [0.3, 0.4) is 0 Å². The first kappa shape index (κ1) is 25.2. The van der Waals surface area contributed by atoms with E-state index in [1.165, 1.54) is 12.2 Å². The topological polar surface area (TPSA) is 159 Å². The number of nitrogens with two attached hydrogens (primary N) is 2. The molecule has 5 N–H and O–H groups in total. The van der Waals surface area contributed by atoms with Crippen molar-refractivity contribution >= 4 is 35.7 Å². The van der Waals surface area contributed by atoms with Crippen LogP contribution in [0.5, 0.6) is 11.5 Å². The fourth-order valence-corrected chi connectivity index (χ4v) is 3.07.